The number of benzene rings is 2. The Morgan fingerprint density at radius 2 is 1.59 bits per heavy atom. The Kier molecular flexibility index (Phi) is 5.43. The van der Waals surface area contributed by atoms with Crippen molar-refractivity contribution in [1.29, 1.82) is 0 Å². The number of aryl methyl sites for hydroxylation is 1. The molecule has 0 unspecified atom stereocenters. The van der Waals surface area contributed by atoms with E-state index in [0.717, 1.165) is 12.1 Å². The average Bonchev–Trinajstić information content (AvgIpc) is 2.64. The Bertz CT molecular complexity index is 929. The van der Waals surface area contributed by atoms with Crippen LogP contribution in [0.5, 0.6) is 0 Å². The minimum absolute atomic E-state index is 0.237. The third-order valence-corrected chi connectivity index (χ3v) is 4.65. The molecule has 2 aromatic carbocycles. The molecule has 1 N–H and O–H groups in total. The normalized spacial score (nSPS) is 14.3. The molecule has 1 aliphatic rings. The summed E-state index contributed by atoms with van der Waals surface area (Å²) in [6.45, 7) is 6.06. The number of hydrogen-bond acceptors (Lipinski definition) is 2. The summed E-state index contributed by atoms with van der Waals surface area (Å²) in [6.07, 6.45) is -3.33. The van der Waals surface area contributed by atoms with Gasteiger partial charge in [0.05, 0.1) is 5.56 Å². The molecule has 2 amide bonds. The van der Waals surface area contributed by atoms with Crippen LogP contribution < -0.4 is 10.2 Å². The van der Waals surface area contributed by atoms with Crippen molar-refractivity contribution in [3.8, 4) is 0 Å². The zero-order chi connectivity index (χ0) is 21.4. The van der Waals surface area contributed by atoms with Gasteiger partial charge in [0.15, 0.2) is 0 Å². The number of rotatable bonds is 2. The van der Waals surface area contributed by atoms with Crippen LogP contribution in [0.4, 0.5) is 18.9 Å². The van der Waals surface area contributed by atoms with Crippen LogP contribution in [0.25, 0.3) is 0 Å². The van der Waals surface area contributed by atoms with Crippen molar-refractivity contribution >= 4 is 17.5 Å². The minimum atomic E-state index is -4.41. The number of anilines is 1. The molecule has 0 atom stereocenters. The van der Waals surface area contributed by atoms with Gasteiger partial charge in [0, 0.05) is 28.9 Å². The lowest BCUT2D eigenvalue weighted by atomic mass is 9.98. The summed E-state index contributed by atoms with van der Waals surface area (Å²) in [5, 5.41) is 2.85. The van der Waals surface area contributed by atoms with Gasteiger partial charge in [-0.1, -0.05) is 0 Å². The Morgan fingerprint density at radius 1 is 0.966 bits per heavy atom. The number of halogens is 3. The third-order valence-electron chi connectivity index (χ3n) is 4.65. The van der Waals surface area contributed by atoms with Crippen molar-refractivity contribution in [1.82, 2.24) is 5.32 Å². The number of nitrogens with zero attached hydrogens (tertiary/aromatic N) is 1. The molecule has 0 spiro atoms. The van der Waals surface area contributed by atoms with Gasteiger partial charge in [-0.2, -0.15) is 13.2 Å². The summed E-state index contributed by atoms with van der Waals surface area (Å²) in [5.74, 6) is -0.534. The molecular formula is C22H23F3N2O2. The molecule has 29 heavy (non-hydrogen) atoms. The molecule has 0 aliphatic carbocycles. The first-order chi connectivity index (χ1) is 13.5. The highest BCUT2D eigenvalue weighted by Crippen LogP contribution is 2.35. The predicted octanol–water partition coefficient (Wildman–Crippen LogP) is 4.83. The van der Waals surface area contributed by atoms with E-state index in [2.05, 4.69) is 5.32 Å². The van der Waals surface area contributed by atoms with Crippen LogP contribution in [0.2, 0.25) is 0 Å². The second-order valence-electron chi connectivity index (χ2n) is 8.18. The lowest BCUT2D eigenvalue weighted by Gasteiger charge is -2.30. The smallest absolute Gasteiger partial charge is 0.347 e. The average molecular weight is 404 g/mol. The molecule has 7 heteroatoms. The van der Waals surface area contributed by atoms with Crippen molar-refractivity contribution < 1.29 is 22.8 Å². The lowest BCUT2D eigenvalue weighted by Crippen LogP contribution is -2.40. The van der Waals surface area contributed by atoms with Crippen LogP contribution in [-0.4, -0.2) is 23.9 Å². The number of hydrogen-bond donors (Lipinski definition) is 1. The standard InChI is InChI=1S/C22H23F3N2O2/c1-21(2,3)26-19(28)14-6-8-15(9-7-14)20(29)27-12-4-5-16-13-17(22(23,24)25)10-11-18(16)27/h6-11,13H,4-5,12H2,1-3H3,(H,26,28). The lowest BCUT2D eigenvalue weighted by molar-refractivity contribution is -0.137. The van der Waals surface area contributed by atoms with Gasteiger partial charge in [-0.25, -0.2) is 0 Å². The van der Waals surface area contributed by atoms with Gasteiger partial charge in [-0.3, -0.25) is 9.59 Å². The summed E-state index contributed by atoms with van der Waals surface area (Å²) in [7, 11) is 0. The van der Waals surface area contributed by atoms with E-state index >= 15 is 0 Å². The highest BCUT2D eigenvalue weighted by atomic mass is 19.4. The van der Waals surface area contributed by atoms with Gasteiger partial charge in [-0.05, 0) is 81.6 Å². The number of nitrogens with one attached hydrogen (secondary N) is 1. The summed E-state index contributed by atoms with van der Waals surface area (Å²) in [5.41, 5.74) is 0.748. The van der Waals surface area contributed by atoms with Crippen molar-refractivity contribution in [2.45, 2.75) is 45.3 Å². The highest BCUT2D eigenvalue weighted by Gasteiger charge is 2.32. The second kappa shape index (κ2) is 7.54. The molecule has 0 bridgehead atoms. The molecule has 1 heterocycles. The molecule has 154 valence electrons. The maximum atomic E-state index is 13.0. The zero-order valence-electron chi connectivity index (χ0n) is 16.6. The quantitative estimate of drug-likeness (QED) is 0.780. The van der Waals surface area contributed by atoms with Gasteiger partial charge in [-0.15, -0.1) is 0 Å². The van der Waals surface area contributed by atoms with Crippen molar-refractivity contribution in [2.75, 3.05) is 11.4 Å². The van der Waals surface area contributed by atoms with E-state index in [9.17, 15) is 22.8 Å². The molecule has 0 aromatic heterocycles. The first-order valence-corrected chi connectivity index (χ1v) is 9.40. The summed E-state index contributed by atoms with van der Waals surface area (Å²) >= 11 is 0. The number of carbonyl (C=O) groups is 2. The molecule has 0 saturated carbocycles. The minimum Gasteiger partial charge on any atom is -0.347 e. The van der Waals surface area contributed by atoms with Gasteiger partial charge in [0.2, 0.25) is 0 Å². The number of carbonyl (C=O) groups excluding carboxylic acids is 2. The summed E-state index contributed by atoms with van der Waals surface area (Å²) in [4.78, 5) is 26.7. The van der Waals surface area contributed by atoms with Crippen LogP contribution in [0.15, 0.2) is 42.5 Å². The zero-order valence-corrected chi connectivity index (χ0v) is 16.6. The fourth-order valence-corrected chi connectivity index (χ4v) is 3.32. The maximum absolute atomic E-state index is 13.0. The van der Waals surface area contributed by atoms with Crippen LogP contribution >= 0.6 is 0 Å². The monoisotopic (exact) mass is 404 g/mol. The van der Waals surface area contributed by atoms with Crippen molar-refractivity contribution in [3.05, 3.63) is 64.7 Å². The molecule has 0 saturated heterocycles. The van der Waals surface area contributed by atoms with Crippen LogP contribution in [0.1, 0.15) is 59.0 Å². The molecule has 3 rings (SSSR count). The van der Waals surface area contributed by atoms with Crippen LogP contribution in [-0.2, 0) is 12.6 Å². The maximum Gasteiger partial charge on any atom is 0.416 e. The Morgan fingerprint density at radius 3 is 2.17 bits per heavy atom. The van der Waals surface area contributed by atoms with E-state index in [-0.39, 0.29) is 17.4 Å². The fraction of sp³-hybridized carbons (Fsp3) is 0.364. The molecule has 4 nitrogen and oxygen atoms in total. The first-order valence-electron chi connectivity index (χ1n) is 9.40. The van der Waals surface area contributed by atoms with Gasteiger partial charge in [0.25, 0.3) is 11.8 Å². The Balaban J connectivity index is 1.82. The van der Waals surface area contributed by atoms with Gasteiger partial charge in [0.1, 0.15) is 0 Å². The van der Waals surface area contributed by atoms with E-state index in [0.29, 0.717) is 41.8 Å². The van der Waals surface area contributed by atoms with Crippen molar-refractivity contribution in [3.63, 3.8) is 0 Å². The van der Waals surface area contributed by atoms with E-state index in [4.69, 9.17) is 0 Å². The van der Waals surface area contributed by atoms with Crippen LogP contribution in [0.3, 0.4) is 0 Å². The van der Waals surface area contributed by atoms with Crippen LogP contribution in [0, 0.1) is 0 Å². The summed E-state index contributed by atoms with van der Waals surface area (Å²) in [6, 6.07) is 9.77. The Labute approximate surface area is 167 Å². The van der Waals surface area contributed by atoms with E-state index in [1.165, 1.54) is 11.0 Å². The van der Waals surface area contributed by atoms with Gasteiger partial charge >= 0.3 is 6.18 Å². The molecule has 2 aromatic rings. The third kappa shape index (κ3) is 4.78. The van der Waals surface area contributed by atoms with Gasteiger partial charge < -0.3 is 10.2 Å². The largest absolute Gasteiger partial charge is 0.416 e. The number of amides is 2. The van der Waals surface area contributed by atoms with Crippen molar-refractivity contribution in [2.24, 2.45) is 0 Å². The first kappa shape index (κ1) is 20.9. The molecule has 0 radical (unpaired) electrons. The molecular weight excluding hydrogens is 381 g/mol. The fourth-order valence-electron chi connectivity index (χ4n) is 3.32. The van der Waals surface area contributed by atoms with E-state index < -0.39 is 11.7 Å². The SMILES string of the molecule is CC(C)(C)NC(=O)c1ccc(C(=O)N2CCCc3cc(C(F)(F)F)ccc32)cc1. The highest BCUT2D eigenvalue weighted by molar-refractivity contribution is 6.07. The second-order valence-corrected chi connectivity index (χ2v) is 8.18. The molecule has 1 aliphatic heterocycles. The topological polar surface area (TPSA) is 49.4 Å². The summed E-state index contributed by atoms with van der Waals surface area (Å²) < 4.78 is 38.9. The Hall–Kier alpha value is -2.83. The van der Waals surface area contributed by atoms with E-state index in [1.54, 1.807) is 24.3 Å². The number of fused-ring (bicyclic) bond motifs is 1. The number of alkyl halides is 3. The van der Waals surface area contributed by atoms with E-state index in [1.807, 2.05) is 20.8 Å². The predicted molar refractivity (Wildman–Crippen MR) is 105 cm³/mol. The molecule has 0 fully saturated rings.